The lowest BCUT2D eigenvalue weighted by atomic mass is 9.68. The molecule has 0 spiro atoms. The molecular weight excluding hydrogens is 605 g/mol. The molecule has 8 heteroatoms. The Labute approximate surface area is 275 Å². The van der Waals surface area contributed by atoms with Crippen molar-refractivity contribution in [3.63, 3.8) is 0 Å². The highest BCUT2D eigenvalue weighted by atomic mass is 32.1. The largest absolute Gasteiger partial charge is 0.490 e. The molecule has 234 valence electrons. The van der Waals surface area contributed by atoms with Gasteiger partial charge in [0.05, 0.1) is 18.3 Å². The molecule has 4 aromatic rings. The lowest BCUT2D eigenvalue weighted by molar-refractivity contribution is -0.145. The fourth-order valence-corrected chi connectivity index (χ4v) is 6.15. The number of carbonyl (C=O) groups is 2. The molecule has 1 aliphatic rings. The van der Waals surface area contributed by atoms with Gasteiger partial charge in [-0.2, -0.15) is 25.3 Å². The van der Waals surface area contributed by atoms with E-state index in [0.717, 1.165) is 11.1 Å². The molecule has 0 saturated carbocycles. The van der Waals surface area contributed by atoms with Crippen LogP contribution in [0.3, 0.4) is 0 Å². The Morgan fingerprint density at radius 3 is 1.33 bits per heavy atom. The van der Waals surface area contributed by atoms with Crippen LogP contribution in [0.5, 0.6) is 11.5 Å². The number of ether oxygens (including phenoxy) is 4. The van der Waals surface area contributed by atoms with Crippen LogP contribution < -0.4 is 9.47 Å². The summed E-state index contributed by atoms with van der Waals surface area (Å²) in [5.74, 6) is 0.826. The van der Waals surface area contributed by atoms with E-state index in [1.165, 1.54) is 22.3 Å². The summed E-state index contributed by atoms with van der Waals surface area (Å²) in [5, 5.41) is -0.0898. The minimum atomic E-state index is -0.567. The minimum absolute atomic E-state index is 0.0449. The number of esters is 2. The molecule has 2 unspecified atom stereocenters. The Morgan fingerprint density at radius 1 is 0.578 bits per heavy atom. The summed E-state index contributed by atoms with van der Waals surface area (Å²) in [7, 11) is 0. The van der Waals surface area contributed by atoms with Crippen LogP contribution in [0, 0.1) is 0 Å². The van der Waals surface area contributed by atoms with Crippen LogP contribution in [-0.2, 0) is 24.5 Å². The summed E-state index contributed by atoms with van der Waals surface area (Å²) in [6.45, 7) is 4.59. The molecule has 0 aliphatic heterocycles. The summed E-state index contributed by atoms with van der Waals surface area (Å²) in [5.41, 5.74) is 6.42. The quantitative estimate of drug-likeness (QED) is 0.0752. The third kappa shape index (κ3) is 7.51. The second-order valence-corrected chi connectivity index (χ2v) is 12.9. The first-order valence-corrected chi connectivity index (χ1v) is 16.2. The predicted octanol–water partition coefficient (Wildman–Crippen LogP) is 7.31. The summed E-state index contributed by atoms with van der Waals surface area (Å²) < 4.78 is 22.3. The van der Waals surface area contributed by atoms with Gasteiger partial charge in [-0.25, -0.2) is 0 Å². The first-order chi connectivity index (χ1) is 21.8. The fraction of sp³-hybridized carbons (Fsp3) is 0.297. The van der Waals surface area contributed by atoms with Crippen LogP contribution in [0.25, 0.3) is 11.1 Å². The van der Waals surface area contributed by atoms with E-state index in [1.54, 1.807) is 0 Å². The number of thiol groups is 2. The van der Waals surface area contributed by atoms with Crippen molar-refractivity contribution in [3.05, 3.63) is 119 Å². The van der Waals surface area contributed by atoms with Gasteiger partial charge in [0.25, 0.3) is 0 Å². The lowest BCUT2D eigenvalue weighted by Gasteiger charge is -2.34. The summed E-state index contributed by atoms with van der Waals surface area (Å²) in [6.07, 6.45) is 0.531. The molecule has 0 saturated heterocycles. The van der Waals surface area contributed by atoms with Gasteiger partial charge in [-0.15, -0.1) is 0 Å². The standard InChI is InChI=1S/C37H38O6S2/c1-25(44)23-35(38)42-21-19-40-29-15-11-27(12-16-29)37(33-9-5-3-7-31(33)32-8-4-6-10-34(32)37)28-13-17-30(18-14-28)41-20-22-43-36(39)24-26(2)45/h3-18,25-26,44-45H,19-24H2,1-2H3. The molecule has 4 aromatic carbocycles. The van der Waals surface area contributed by atoms with E-state index in [1.807, 2.05) is 38.1 Å². The van der Waals surface area contributed by atoms with E-state index in [-0.39, 0.29) is 61.7 Å². The van der Waals surface area contributed by atoms with Crippen LogP contribution in [0.1, 0.15) is 48.9 Å². The molecule has 45 heavy (non-hydrogen) atoms. The molecule has 5 rings (SSSR count). The average molecular weight is 643 g/mol. The Balaban J connectivity index is 1.39. The zero-order valence-electron chi connectivity index (χ0n) is 25.5. The first-order valence-electron chi connectivity index (χ1n) is 15.1. The van der Waals surface area contributed by atoms with Gasteiger partial charge in [0, 0.05) is 10.5 Å². The van der Waals surface area contributed by atoms with Crippen molar-refractivity contribution in [2.75, 3.05) is 26.4 Å². The third-order valence-electron chi connectivity index (χ3n) is 7.68. The van der Waals surface area contributed by atoms with Gasteiger partial charge >= 0.3 is 11.9 Å². The van der Waals surface area contributed by atoms with Gasteiger partial charge in [-0.05, 0) is 57.6 Å². The number of hydrogen-bond donors (Lipinski definition) is 2. The smallest absolute Gasteiger partial charge is 0.307 e. The molecule has 0 aromatic heterocycles. The monoisotopic (exact) mass is 642 g/mol. The normalized spacial score (nSPS) is 14.0. The molecule has 0 N–H and O–H groups in total. The van der Waals surface area contributed by atoms with Gasteiger partial charge in [0.1, 0.15) is 37.9 Å². The zero-order chi connectivity index (χ0) is 31.8. The second kappa shape index (κ2) is 14.9. The Hall–Kier alpha value is -3.88. The van der Waals surface area contributed by atoms with Gasteiger partial charge < -0.3 is 18.9 Å². The van der Waals surface area contributed by atoms with Crippen molar-refractivity contribution in [1.82, 2.24) is 0 Å². The Bertz CT molecular complexity index is 1480. The minimum Gasteiger partial charge on any atom is -0.490 e. The Morgan fingerprint density at radius 2 is 0.956 bits per heavy atom. The maximum absolute atomic E-state index is 11.8. The SMILES string of the molecule is CC(S)CC(=O)OCCOc1ccc(C2(c3ccc(OCCOC(=O)CC(C)S)cc3)c3ccccc3-c3ccccc32)cc1. The fourth-order valence-electron chi connectivity index (χ4n) is 5.86. The van der Waals surface area contributed by atoms with E-state index in [9.17, 15) is 9.59 Å². The van der Waals surface area contributed by atoms with Crippen LogP contribution >= 0.6 is 25.3 Å². The van der Waals surface area contributed by atoms with E-state index in [0.29, 0.717) is 11.5 Å². The zero-order valence-corrected chi connectivity index (χ0v) is 27.3. The molecule has 0 amide bonds. The highest BCUT2D eigenvalue weighted by Crippen LogP contribution is 2.56. The topological polar surface area (TPSA) is 71.1 Å². The summed E-state index contributed by atoms with van der Waals surface area (Å²) in [4.78, 5) is 23.6. The molecule has 0 fully saturated rings. The molecule has 0 heterocycles. The molecule has 2 atom stereocenters. The van der Waals surface area contributed by atoms with Crippen LogP contribution in [0.4, 0.5) is 0 Å². The lowest BCUT2D eigenvalue weighted by Crippen LogP contribution is -2.28. The van der Waals surface area contributed by atoms with Gasteiger partial charge in [-0.3, -0.25) is 9.59 Å². The van der Waals surface area contributed by atoms with E-state index in [2.05, 4.69) is 98.1 Å². The second-order valence-electron chi connectivity index (χ2n) is 11.1. The van der Waals surface area contributed by atoms with Crippen LogP contribution in [0.15, 0.2) is 97.1 Å². The van der Waals surface area contributed by atoms with Crippen molar-refractivity contribution in [2.24, 2.45) is 0 Å². The van der Waals surface area contributed by atoms with E-state index in [4.69, 9.17) is 18.9 Å². The van der Waals surface area contributed by atoms with Crippen molar-refractivity contribution in [3.8, 4) is 22.6 Å². The van der Waals surface area contributed by atoms with E-state index >= 15 is 0 Å². The van der Waals surface area contributed by atoms with Gasteiger partial charge in [-0.1, -0.05) is 86.6 Å². The molecule has 6 nitrogen and oxygen atoms in total. The molecule has 1 aliphatic carbocycles. The maximum Gasteiger partial charge on any atom is 0.307 e. The number of fused-ring (bicyclic) bond motifs is 3. The molecule has 0 radical (unpaired) electrons. The van der Waals surface area contributed by atoms with Crippen molar-refractivity contribution in [1.29, 1.82) is 0 Å². The first kappa shape index (κ1) is 32.5. The number of rotatable bonds is 14. The van der Waals surface area contributed by atoms with Crippen LogP contribution in [-0.4, -0.2) is 48.9 Å². The van der Waals surface area contributed by atoms with Crippen molar-refractivity contribution < 1.29 is 28.5 Å². The average Bonchev–Trinajstić information content (AvgIpc) is 3.33. The summed E-state index contributed by atoms with van der Waals surface area (Å²) in [6, 6.07) is 33.3. The van der Waals surface area contributed by atoms with E-state index < -0.39 is 5.41 Å². The maximum atomic E-state index is 11.8. The number of carbonyl (C=O) groups excluding carboxylic acids is 2. The molecular formula is C37H38O6S2. The van der Waals surface area contributed by atoms with Crippen LogP contribution in [0.2, 0.25) is 0 Å². The predicted molar refractivity (Wildman–Crippen MR) is 183 cm³/mol. The number of benzene rings is 4. The van der Waals surface area contributed by atoms with Crippen molar-refractivity contribution >= 4 is 37.2 Å². The highest BCUT2D eigenvalue weighted by molar-refractivity contribution is 7.81. The highest BCUT2D eigenvalue weighted by Gasteiger charge is 2.45. The summed E-state index contributed by atoms with van der Waals surface area (Å²) >= 11 is 8.47. The third-order valence-corrected chi connectivity index (χ3v) is 8.05. The van der Waals surface area contributed by atoms with Crippen molar-refractivity contribution in [2.45, 2.75) is 42.6 Å². The number of hydrogen-bond acceptors (Lipinski definition) is 8. The molecule has 0 bridgehead atoms. The van der Waals surface area contributed by atoms with Gasteiger partial charge in [0.2, 0.25) is 0 Å². The van der Waals surface area contributed by atoms with Gasteiger partial charge in [0.15, 0.2) is 0 Å². The Kier molecular flexibility index (Phi) is 10.8.